The average molecular weight is 324 g/mol. The molecule has 124 valence electrons. The minimum atomic E-state index is -0.491. The molecule has 0 saturated heterocycles. The number of Topliss-reactive ketones (excluding diaryl/α,β-unsaturated/α-hetero) is 1. The van der Waals surface area contributed by atoms with Crippen LogP contribution in [0.15, 0.2) is 42.5 Å². The molecule has 24 heavy (non-hydrogen) atoms. The van der Waals surface area contributed by atoms with Crippen LogP contribution in [0.5, 0.6) is 5.75 Å². The zero-order chi connectivity index (χ0) is 17.3. The lowest BCUT2D eigenvalue weighted by atomic mass is 10.1. The summed E-state index contributed by atoms with van der Waals surface area (Å²) >= 11 is 0. The van der Waals surface area contributed by atoms with E-state index in [1.807, 2.05) is 24.1 Å². The van der Waals surface area contributed by atoms with Gasteiger partial charge in [0.2, 0.25) is 0 Å². The number of benzene rings is 2. The minimum Gasteiger partial charge on any atom is -0.497 e. The summed E-state index contributed by atoms with van der Waals surface area (Å²) in [6.07, 6.45) is 0. The number of amides is 1. The van der Waals surface area contributed by atoms with Crippen molar-refractivity contribution < 1.29 is 14.3 Å². The lowest BCUT2D eigenvalue weighted by Crippen LogP contribution is -2.39. The van der Waals surface area contributed by atoms with Crippen molar-refractivity contribution >= 4 is 17.4 Å². The maximum absolute atomic E-state index is 12.3. The molecule has 0 atom stereocenters. The molecule has 2 aromatic rings. The molecular weight excluding hydrogens is 304 g/mol. The molecule has 1 heterocycles. The predicted molar refractivity (Wildman–Crippen MR) is 92.3 cm³/mol. The van der Waals surface area contributed by atoms with Gasteiger partial charge in [0.15, 0.2) is 0 Å². The number of rotatable bonds is 5. The Morgan fingerprint density at radius 1 is 1.12 bits per heavy atom. The van der Waals surface area contributed by atoms with E-state index in [2.05, 4.69) is 19.1 Å². The number of hydrogen-bond donors (Lipinski definition) is 0. The Morgan fingerprint density at radius 2 is 1.88 bits per heavy atom. The molecule has 0 unspecified atom stereocenters. The Bertz CT molecular complexity index is 801. The zero-order valence-electron chi connectivity index (χ0n) is 14.1. The molecule has 0 bridgehead atoms. The van der Waals surface area contributed by atoms with Crippen molar-refractivity contribution in [2.75, 3.05) is 25.7 Å². The molecule has 1 aliphatic heterocycles. The highest BCUT2D eigenvalue weighted by atomic mass is 16.5. The smallest absolute Gasteiger partial charge is 0.300 e. The minimum absolute atomic E-state index is 0.346. The summed E-state index contributed by atoms with van der Waals surface area (Å²) in [6.45, 7) is 3.11. The highest BCUT2D eigenvalue weighted by Gasteiger charge is 2.36. The summed E-state index contributed by atoms with van der Waals surface area (Å²) in [5.41, 5.74) is 3.45. The monoisotopic (exact) mass is 324 g/mol. The maximum Gasteiger partial charge on any atom is 0.300 e. The van der Waals surface area contributed by atoms with Gasteiger partial charge < -0.3 is 4.74 Å². The second-order valence-electron chi connectivity index (χ2n) is 6.03. The SMILES string of the molecule is COc1ccc2c(c1)N(CN(C)Cc1ccccc1C)C(=O)C2=O. The van der Waals surface area contributed by atoms with Crippen LogP contribution < -0.4 is 9.64 Å². The van der Waals surface area contributed by atoms with E-state index in [0.717, 1.165) is 0 Å². The summed E-state index contributed by atoms with van der Waals surface area (Å²) in [5.74, 6) is -0.324. The van der Waals surface area contributed by atoms with Crippen LogP contribution in [0.3, 0.4) is 0 Å². The fourth-order valence-corrected chi connectivity index (χ4v) is 2.91. The number of carbonyl (C=O) groups excluding carboxylic acids is 2. The van der Waals surface area contributed by atoms with Crippen LogP contribution >= 0.6 is 0 Å². The van der Waals surface area contributed by atoms with Gasteiger partial charge in [-0.15, -0.1) is 0 Å². The molecule has 0 N–H and O–H groups in total. The maximum atomic E-state index is 12.3. The lowest BCUT2D eigenvalue weighted by Gasteiger charge is -2.25. The number of carbonyl (C=O) groups is 2. The van der Waals surface area contributed by atoms with E-state index in [0.29, 0.717) is 30.2 Å². The van der Waals surface area contributed by atoms with Crippen LogP contribution in [-0.4, -0.2) is 37.4 Å². The Balaban J connectivity index is 1.81. The van der Waals surface area contributed by atoms with Crippen LogP contribution in [0.4, 0.5) is 5.69 Å². The van der Waals surface area contributed by atoms with E-state index in [1.54, 1.807) is 25.3 Å². The van der Waals surface area contributed by atoms with Crippen molar-refractivity contribution in [1.29, 1.82) is 0 Å². The molecule has 0 aliphatic carbocycles. The number of fused-ring (bicyclic) bond motifs is 1. The molecule has 0 aromatic heterocycles. The molecule has 0 spiro atoms. The van der Waals surface area contributed by atoms with E-state index in [1.165, 1.54) is 16.0 Å². The first-order valence-electron chi connectivity index (χ1n) is 7.78. The molecule has 0 saturated carbocycles. The quantitative estimate of drug-likeness (QED) is 0.793. The van der Waals surface area contributed by atoms with Gasteiger partial charge in [-0.2, -0.15) is 0 Å². The number of aryl methyl sites for hydroxylation is 1. The fourth-order valence-electron chi connectivity index (χ4n) is 2.91. The van der Waals surface area contributed by atoms with Crippen molar-refractivity contribution in [3.8, 4) is 5.75 Å². The van der Waals surface area contributed by atoms with E-state index in [4.69, 9.17) is 4.74 Å². The van der Waals surface area contributed by atoms with Gasteiger partial charge in [0, 0.05) is 12.6 Å². The van der Waals surface area contributed by atoms with Gasteiger partial charge >= 0.3 is 5.91 Å². The van der Waals surface area contributed by atoms with Gasteiger partial charge in [-0.3, -0.25) is 19.4 Å². The molecule has 5 nitrogen and oxygen atoms in total. The Kier molecular flexibility index (Phi) is 4.36. The van der Waals surface area contributed by atoms with E-state index < -0.39 is 11.7 Å². The van der Waals surface area contributed by atoms with Crippen molar-refractivity contribution in [2.24, 2.45) is 0 Å². The number of ketones is 1. The van der Waals surface area contributed by atoms with Crippen molar-refractivity contribution in [3.63, 3.8) is 0 Å². The normalized spacial score (nSPS) is 13.6. The lowest BCUT2D eigenvalue weighted by molar-refractivity contribution is -0.114. The molecule has 1 aliphatic rings. The average Bonchev–Trinajstić information content (AvgIpc) is 2.81. The molecule has 0 radical (unpaired) electrons. The number of anilines is 1. The highest BCUT2D eigenvalue weighted by molar-refractivity contribution is 6.52. The highest BCUT2D eigenvalue weighted by Crippen LogP contribution is 2.32. The third-order valence-corrected chi connectivity index (χ3v) is 4.26. The third-order valence-electron chi connectivity index (χ3n) is 4.26. The number of ether oxygens (including phenoxy) is 1. The first-order chi connectivity index (χ1) is 11.5. The van der Waals surface area contributed by atoms with Crippen molar-refractivity contribution in [3.05, 3.63) is 59.2 Å². The summed E-state index contributed by atoms with van der Waals surface area (Å²) in [7, 11) is 3.50. The first kappa shape index (κ1) is 16.2. The van der Waals surface area contributed by atoms with E-state index >= 15 is 0 Å². The number of methoxy groups -OCH3 is 1. The van der Waals surface area contributed by atoms with Gasteiger partial charge in [-0.05, 0) is 37.2 Å². The molecule has 5 heteroatoms. The largest absolute Gasteiger partial charge is 0.497 e. The summed E-state index contributed by atoms with van der Waals surface area (Å²) in [5, 5.41) is 0. The van der Waals surface area contributed by atoms with Crippen molar-refractivity contribution in [1.82, 2.24) is 4.90 Å². The molecule has 2 aromatic carbocycles. The second kappa shape index (κ2) is 6.45. The standard InChI is InChI=1S/C19H20N2O3/c1-13-6-4-5-7-14(13)11-20(2)12-21-17-10-15(24-3)8-9-16(17)18(22)19(21)23/h4-10H,11-12H2,1-3H3. The van der Waals surface area contributed by atoms with Gasteiger partial charge in [-0.25, -0.2) is 0 Å². The predicted octanol–water partition coefficient (Wildman–Crippen LogP) is 2.62. The van der Waals surface area contributed by atoms with E-state index in [-0.39, 0.29) is 0 Å². The van der Waals surface area contributed by atoms with Gasteiger partial charge in [0.25, 0.3) is 5.78 Å². The topological polar surface area (TPSA) is 49.9 Å². The molecule has 1 amide bonds. The van der Waals surface area contributed by atoms with Crippen LogP contribution in [0.2, 0.25) is 0 Å². The van der Waals surface area contributed by atoms with Gasteiger partial charge in [0.1, 0.15) is 5.75 Å². The van der Waals surface area contributed by atoms with Crippen LogP contribution in [0.25, 0.3) is 0 Å². The van der Waals surface area contributed by atoms with Gasteiger partial charge in [-0.1, -0.05) is 24.3 Å². The van der Waals surface area contributed by atoms with Gasteiger partial charge in [0.05, 0.1) is 25.0 Å². The number of hydrogen-bond acceptors (Lipinski definition) is 4. The molecule has 3 rings (SSSR count). The molecular formula is C19H20N2O3. The Morgan fingerprint density at radius 3 is 2.58 bits per heavy atom. The Labute approximate surface area is 141 Å². The van der Waals surface area contributed by atoms with Crippen LogP contribution in [-0.2, 0) is 11.3 Å². The fraction of sp³-hybridized carbons (Fsp3) is 0.263. The zero-order valence-corrected chi connectivity index (χ0v) is 14.1. The summed E-state index contributed by atoms with van der Waals surface area (Å²) < 4.78 is 5.21. The van der Waals surface area contributed by atoms with Crippen molar-refractivity contribution in [2.45, 2.75) is 13.5 Å². The van der Waals surface area contributed by atoms with E-state index in [9.17, 15) is 9.59 Å². The molecule has 0 fully saturated rings. The summed E-state index contributed by atoms with van der Waals surface area (Å²) in [4.78, 5) is 28.0. The van der Waals surface area contributed by atoms with Crippen LogP contribution in [0, 0.1) is 6.92 Å². The number of nitrogens with zero attached hydrogens (tertiary/aromatic N) is 2. The first-order valence-corrected chi connectivity index (χ1v) is 7.78. The summed E-state index contributed by atoms with van der Waals surface area (Å²) in [6, 6.07) is 13.2. The van der Waals surface area contributed by atoms with Crippen LogP contribution in [0.1, 0.15) is 21.5 Å². The third kappa shape index (κ3) is 2.90. The second-order valence-corrected chi connectivity index (χ2v) is 6.03. The Hall–Kier alpha value is -2.66.